The van der Waals surface area contributed by atoms with Crippen LogP contribution >= 0.6 is 0 Å². The van der Waals surface area contributed by atoms with Crippen LogP contribution in [0, 0.1) is 0 Å². The van der Waals surface area contributed by atoms with Crippen molar-refractivity contribution in [1.29, 1.82) is 0 Å². The third kappa shape index (κ3) is 4.76. The van der Waals surface area contributed by atoms with Crippen molar-refractivity contribution in [2.45, 2.75) is 19.8 Å². The minimum atomic E-state index is -0.283. The van der Waals surface area contributed by atoms with Crippen LogP contribution in [0.5, 0.6) is 5.75 Å². The molecule has 0 unspecified atom stereocenters. The Morgan fingerprint density at radius 3 is 2.43 bits per heavy atom. The van der Waals surface area contributed by atoms with Crippen LogP contribution in [-0.4, -0.2) is 16.7 Å². The van der Waals surface area contributed by atoms with Gasteiger partial charge in [-0.3, -0.25) is 4.79 Å². The molecule has 2 rings (SSSR count). The number of hydrazone groups is 1. The fourth-order valence-electron chi connectivity index (χ4n) is 1.85. The van der Waals surface area contributed by atoms with Gasteiger partial charge in [-0.1, -0.05) is 30.3 Å². The first-order chi connectivity index (χ1) is 10.1. The summed E-state index contributed by atoms with van der Waals surface area (Å²) in [5.74, 6) is -0.150. The third-order valence-electron chi connectivity index (χ3n) is 3.10. The van der Waals surface area contributed by atoms with Gasteiger partial charge in [0.05, 0.1) is 0 Å². The maximum absolute atomic E-state index is 11.8. The van der Waals surface area contributed by atoms with Gasteiger partial charge in [-0.2, -0.15) is 5.10 Å². The fraction of sp³-hybridized carbons (Fsp3) is 0.176. The van der Waals surface area contributed by atoms with Crippen LogP contribution in [0.3, 0.4) is 0 Å². The van der Waals surface area contributed by atoms with E-state index in [0.29, 0.717) is 5.56 Å². The quantitative estimate of drug-likeness (QED) is 0.653. The van der Waals surface area contributed by atoms with Gasteiger partial charge in [0.1, 0.15) is 5.75 Å². The maximum atomic E-state index is 11.8. The van der Waals surface area contributed by atoms with Crippen molar-refractivity contribution < 1.29 is 9.90 Å². The molecule has 0 saturated heterocycles. The Hall–Kier alpha value is -2.62. The lowest BCUT2D eigenvalue weighted by Gasteiger charge is -2.03. The van der Waals surface area contributed by atoms with Crippen molar-refractivity contribution in [3.63, 3.8) is 0 Å². The number of hydrogen-bond acceptors (Lipinski definition) is 3. The molecule has 4 heteroatoms. The summed E-state index contributed by atoms with van der Waals surface area (Å²) in [7, 11) is 0. The highest BCUT2D eigenvalue weighted by atomic mass is 16.3. The maximum Gasteiger partial charge on any atom is 0.271 e. The van der Waals surface area contributed by atoms with Crippen molar-refractivity contribution in [1.82, 2.24) is 5.43 Å². The van der Waals surface area contributed by atoms with Crippen molar-refractivity contribution in [2.75, 3.05) is 0 Å². The van der Waals surface area contributed by atoms with Gasteiger partial charge < -0.3 is 5.11 Å². The topological polar surface area (TPSA) is 61.7 Å². The molecular formula is C17H18N2O2. The number of amides is 1. The predicted molar refractivity (Wildman–Crippen MR) is 83.4 cm³/mol. The van der Waals surface area contributed by atoms with E-state index in [1.165, 1.54) is 17.7 Å². The largest absolute Gasteiger partial charge is 0.508 e. The number of carbonyl (C=O) groups is 1. The van der Waals surface area contributed by atoms with E-state index in [2.05, 4.69) is 22.7 Å². The SMILES string of the molecule is C/C(CCc1ccccc1)=N\NC(=O)c1ccc(O)cc1. The zero-order valence-electron chi connectivity index (χ0n) is 11.9. The fourth-order valence-corrected chi connectivity index (χ4v) is 1.85. The van der Waals surface area contributed by atoms with Crippen molar-refractivity contribution in [3.8, 4) is 5.75 Å². The highest BCUT2D eigenvalue weighted by molar-refractivity contribution is 5.95. The van der Waals surface area contributed by atoms with Crippen molar-refractivity contribution in [3.05, 3.63) is 65.7 Å². The molecule has 2 N–H and O–H groups in total. The zero-order chi connectivity index (χ0) is 15.1. The number of nitrogens with zero attached hydrogens (tertiary/aromatic N) is 1. The number of aryl methyl sites for hydroxylation is 1. The van der Waals surface area contributed by atoms with Gasteiger partial charge >= 0.3 is 0 Å². The molecular weight excluding hydrogens is 264 g/mol. The Bertz CT molecular complexity index is 619. The summed E-state index contributed by atoms with van der Waals surface area (Å²) in [5.41, 5.74) is 5.10. The van der Waals surface area contributed by atoms with E-state index >= 15 is 0 Å². The number of carbonyl (C=O) groups excluding carboxylic acids is 1. The molecule has 0 aromatic heterocycles. The number of phenols is 1. The van der Waals surface area contributed by atoms with E-state index < -0.39 is 0 Å². The second-order valence-electron chi connectivity index (χ2n) is 4.82. The highest BCUT2D eigenvalue weighted by Crippen LogP contribution is 2.09. The van der Waals surface area contributed by atoms with E-state index in [4.69, 9.17) is 0 Å². The Morgan fingerprint density at radius 2 is 1.76 bits per heavy atom. The number of hydrogen-bond donors (Lipinski definition) is 2. The van der Waals surface area contributed by atoms with E-state index in [0.717, 1.165) is 18.6 Å². The molecule has 0 bridgehead atoms. The van der Waals surface area contributed by atoms with Gasteiger partial charge in [0.2, 0.25) is 0 Å². The van der Waals surface area contributed by atoms with Gasteiger partial charge in [0.15, 0.2) is 0 Å². The summed E-state index contributed by atoms with van der Waals surface area (Å²) in [6.07, 6.45) is 1.69. The summed E-state index contributed by atoms with van der Waals surface area (Å²) < 4.78 is 0. The summed E-state index contributed by atoms with van der Waals surface area (Å²) in [5, 5.41) is 13.3. The van der Waals surface area contributed by atoms with Crippen molar-refractivity contribution in [2.24, 2.45) is 5.10 Å². The number of nitrogens with one attached hydrogen (secondary N) is 1. The third-order valence-corrected chi connectivity index (χ3v) is 3.10. The molecule has 0 heterocycles. The van der Waals surface area contributed by atoms with Gasteiger partial charge in [0, 0.05) is 11.3 Å². The molecule has 0 fully saturated rings. The highest BCUT2D eigenvalue weighted by Gasteiger charge is 2.04. The molecule has 0 radical (unpaired) electrons. The van der Waals surface area contributed by atoms with Gasteiger partial charge in [0.25, 0.3) is 5.91 Å². The molecule has 21 heavy (non-hydrogen) atoms. The second kappa shape index (κ2) is 7.24. The van der Waals surface area contributed by atoms with Crippen LogP contribution in [0.4, 0.5) is 0 Å². The standard InChI is InChI=1S/C17H18N2O2/c1-13(7-8-14-5-3-2-4-6-14)18-19-17(21)15-9-11-16(20)12-10-15/h2-6,9-12,20H,7-8H2,1H3,(H,19,21)/b18-13+. The Kier molecular flexibility index (Phi) is 5.10. The normalized spacial score (nSPS) is 11.2. The van der Waals surface area contributed by atoms with E-state index in [1.807, 2.05) is 25.1 Å². The lowest BCUT2D eigenvalue weighted by Crippen LogP contribution is -2.19. The molecule has 0 spiro atoms. The predicted octanol–water partition coefficient (Wildman–Crippen LogP) is 3.13. The average Bonchev–Trinajstić information content (AvgIpc) is 2.52. The van der Waals surface area contributed by atoms with Crippen molar-refractivity contribution >= 4 is 11.6 Å². The first kappa shape index (κ1) is 14.8. The molecule has 0 aliphatic rings. The lowest BCUT2D eigenvalue weighted by molar-refractivity contribution is 0.0954. The van der Waals surface area contributed by atoms with E-state index in [-0.39, 0.29) is 11.7 Å². The minimum absolute atomic E-state index is 0.133. The van der Waals surface area contributed by atoms with Crippen LogP contribution in [0.1, 0.15) is 29.3 Å². The van der Waals surface area contributed by atoms with Crippen LogP contribution < -0.4 is 5.43 Å². The van der Waals surface area contributed by atoms with Gasteiger partial charge in [-0.25, -0.2) is 5.43 Å². The number of phenolic OH excluding ortho intramolecular Hbond substituents is 1. The summed E-state index contributed by atoms with van der Waals surface area (Å²) in [4.78, 5) is 11.8. The summed E-state index contributed by atoms with van der Waals surface area (Å²) in [6, 6.07) is 16.2. The molecule has 108 valence electrons. The van der Waals surface area contributed by atoms with Gasteiger partial charge in [-0.05, 0) is 49.6 Å². The second-order valence-corrected chi connectivity index (χ2v) is 4.82. The van der Waals surface area contributed by atoms with E-state index in [9.17, 15) is 9.90 Å². The molecule has 0 atom stereocenters. The molecule has 1 amide bonds. The average molecular weight is 282 g/mol. The van der Waals surface area contributed by atoms with Gasteiger partial charge in [-0.15, -0.1) is 0 Å². The zero-order valence-corrected chi connectivity index (χ0v) is 11.9. The molecule has 0 aliphatic heterocycles. The Balaban J connectivity index is 1.85. The minimum Gasteiger partial charge on any atom is -0.508 e. The monoisotopic (exact) mass is 282 g/mol. The lowest BCUT2D eigenvalue weighted by atomic mass is 10.1. The first-order valence-corrected chi connectivity index (χ1v) is 6.81. The van der Waals surface area contributed by atoms with Crippen LogP contribution in [-0.2, 0) is 6.42 Å². The first-order valence-electron chi connectivity index (χ1n) is 6.81. The van der Waals surface area contributed by atoms with E-state index in [1.54, 1.807) is 12.1 Å². The smallest absolute Gasteiger partial charge is 0.271 e. The molecule has 0 aliphatic carbocycles. The summed E-state index contributed by atoms with van der Waals surface area (Å²) >= 11 is 0. The van der Waals surface area contributed by atoms with Crippen LogP contribution in [0.15, 0.2) is 59.7 Å². The van der Waals surface area contributed by atoms with Crippen LogP contribution in [0.2, 0.25) is 0 Å². The number of rotatable bonds is 5. The Labute approximate surface area is 124 Å². The molecule has 2 aromatic carbocycles. The molecule has 0 saturated carbocycles. The molecule has 2 aromatic rings. The Morgan fingerprint density at radius 1 is 1.10 bits per heavy atom. The molecule has 4 nitrogen and oxygen atoms in total. The van der Waals surface area contributed by atoms with Crippen LogP contribution in [0.25, 0.3) is 0 Å². The summed E-state index contributed by atoms with van der Waals surface area (Å²) in [6.45, 7) is 1.89. The number of benzene rings is 2. The number of aromatic hydroxyl groups is 1.